The van der Waals surface area contributed by atoms with Crippen molar-refractivity contribution in [2.24, 2.45) is 5.73 Å². The Morgan fingerprint density at radius 3 is 2.92 bits per heavy atom. The molecule has 0 aliphatic carbocycles. The van der Waals surface area contributed by atoms with Crippen LogP contribution in [-0.2, 0) is 0 Å². The number of thioether (sulfide) groups is 1. The van der Waals surface area contributed by atoms with Crippen LogP contribution in [-0.4, -0.2) is 17.9 Å². The van der Waals surface area contributed by atoms with E-state index in [2.05, 4.69) is 0 Å². The molecule has 1 rings (SSSR count). The Bertz CT molecular complexity index is 265. The molecule has 0 heterocycles. The van der Waals surface area contributed by atoms with Gasteiger partial charge in [0.1, 0.15) is 0 Å². The molecule has 0 aliphatic rings. The third-order valence-electron chi connectivity index (χ3n) is 1.92. The number of benzene rings is 1. The van der Waals surface area contributed by atoms with Gasteiger partial charge >= 0.3 is 0 Å². The van der Waals surface area contributed by atoms with Crippen molar-refractivity contribution in [3.05, 3.63) is 29.8 Å². The molecule has 0 spiro atoms. The summed E-state index contributed by atoms with van der Waals surface area (Å²) in [4.78, 5) is 1.17. The minimum atomic E-state index is -0.419. The average Bonchev–Trinajstić information content (AvgIpc) is 2.18. The molecule has 0 radical (unpaired) electrons. The zero-order chi connectivity index (χ0) is 9.68. The van der Waals surface area contributed by atoms with Crippen molar-refractivity contribution in [1.82, 2.24) is 0 Å². The molecule has 13 heavy (non-hydrogen) atoms. The molecule has 3 heteroatoms. The molecule has 1 aromatic rings. The minimum absolute atomic E-state index is 0.419. The molecule has 0 saturated carbocycles. The van der Waals surface area contributed by atoms with Crippen molar-refractivity contribution in [2.45, 2.75) is 17.4 Å². The summed E-state index contributed by atoms with van der Waals surface area (Å²) in [6, 6.07) is 7.93. The van der Waals surface area contributed by atoms with Gasteiger partial charge in [0, 0.05) is 4.90 Å². The van der Waals surface area contributed by atoms with Gasteiger partial charge in [0.2, 0.25) is 0 Å². The van der Waals surface area contributed by atoms with E-state index in [1.807, 2.05) is 30.5 Å². The zero-order valence-corrected chi connectivity index (χ0v) is 8.55. The molecule has 3 N–H and O–H groups in total. The quantitative estimate of drug-likeness (QED) is 0.723. The first kappa shape index (κ1) is 10.6. The maximum atomic E-state index is 9.65. The first-order valence-corrected chi connectivity index (χ1v) is 5.52. The van der Waals surface area contributed by atoms with E-state index in [9.17, 15) is 5.11 Å². The number of nitrogens with two attached hydrogens (primary N) is 1. The van der Waals surface area contributed by atoms with E-state index in [0.717, 1.165) is 5.56 Å². The molecule has 2 nitrogen and oxygen atoms in total. The fourth-order valence-corrected chi connectivity index (χ4v) is 1.64. The van der Waals surface area contributed by atoms with Gasteiger partial charge in [-0.05, 0) is 36.9 Å². The Morgan fingerprint density at radius 1 is 1.54 bits per heavy atom. The smallest absolute Gasteiger partial charge is 0.0802 e. The summed E-state index contributed by atoms with van der Waals surface area (Å²) in [6.07, 6.45) is 2.23. The van der Waals surface area contributed by atoms with E-state index < -0.39 is 6.10 Å². The third-order valence-corrected chi connectivity index (χ3v) is 2.64. The lowest BCUT2D eigenvalue weighted by Gasteiger charge is -2.10. The van der Waals surface area contributed by atoms with Crippen molar-refractivity contribution in [3.63, 3.8) is 0 Å². The van der Waals surface area contributed by atoms with Gasteiger partial charge in [-0.15, -0.1) is 11.8 Å². The van der Waals surface area contributed by atoms with E-state index in [0.29, 0.717) is 13.0 Å². The van der Waals surface area contributed by atoms with Crippen molar-refractivity contribution in [1.29, 1.82) is 0 Å². The molecular formula is C10H15NOS. The summed E-state index contributed by atoms with van der Waals surface area (Å²) in [6.45, 7) is 0.519. The first-order valence-electron chi connectivity index (χ1n) is 4.30. The summed E-state index contributed by atoms with van der Waals surface area (Å²) in [5, 5.41) is 9.65. The van der Waals surface area contributed by atoms with Crippen LogP contribution < -0.4 is 5.73 Å². The number of aliphatic hydroxyl groups excluding tert-OH is 1. The van der Waals surface area contributed by atoms with Crippen LogP contribution in [0.1, 0.15) is 18.1 Å². The fraction of sp³-hybridized carbons (Fsp3) is 0.400. The predicted octanol–water partition coefficient (Wildman–Crippen LogP) is 1.79. The molecule has 1 aromatic carbocycles. The van der Waals surface area contributed by atoms with Crippen LogP contribution in [0.25, 0.3) is 0 Å². The largest absolute Gasteiger partial charge is 0.388 e. The van der Waals surface area contributed by atoms with Gasteiger partial charge in [0.15, 0.2) is 0 Å². The molecule has 0 amide bonds. The lowest BCUT2D eigenvalue weighted by Crippen LogP contribution is -2.06. The van der Waals surface area contributed by atoms with E-state index in [4.69, 9.17) is 5.73 Å². The first-order chi connectivity index (χ1) is 6.27. The number of aliphatic hydroxyl groups is 1. The topological polar surface area (TPSA) is 46.2 Å². The van der Waals surface area contributed by atoms with Crippen LogP contribution in [0.3, 0.4) is 0 Å². The highest BCUT2D eigenvalue weighted by molar-refractivity contribution is 7.98. The number of hydrogen-bond acceptors (Lipinski definition) is 3. The van der Waals surface area contributed by atoms with Crippen LogP contribution in [0.15, 0.2) is 29.2 Å². The Kier molecular flexibility index (Phi) is 4.28. The Morgan fingerprint density at radius 2 is 2.31 bits per heavy atom. The average molecular weight is 197 g/mol. The maximum absolute atomic E-state index is 9.65. The normalized spacial score (nSPS) is 12.8. The molecular weight excluding hydrogens is 182 g/mol. The van der Waals surface area contributed by atoms with Crippen molar-refractivity contribution in [3.8, 4) is 0 Å². The van der Waals surface area contributed by atoms with Crippen LogP contribution in [0.5, 0.6) is 0 Å². The highest BCUT2D eigenvalue weighted by atomic mass is 32.2. The maximum Gasteiger partial charge on any atom is 0.0802 e. The Hall–Kier alpha value is -0.510. The van der Waals surface area contributed by atoms with Crippen LogP contribution >= 0.6 is 11.8 Å². The van der Waals surface area contributed by atoms with Gasteiger partial charge in [-0.3, -0.25) is 0 Å². The van der Waals surface area contributed by atoms with Crippen molar-refractivity contribution in [2.75, 3.05) is 12.8 Å². The molecule has 0 aliphatic heterocycles. The van der Waals surface area contributed by atoms with E-state index in [1.165, 1.54) is 4.90 Å². The van der Waals surface area contributed by atoms with Gasteiger partial charge < -0.3 is 10.8 Å². The fourth-order valence-electron chi connectivity index (χ4n) is 1.17. The van der Waals surface area contributed by atoms with Gasteiger partial charge in [-0.1, -0.05) is 12.1 Å². The predicted molar refractivity (Wildman–Crippen MR) is 56.9 cm³/mol. The molecule has 1 atom stereocenters. The van der Waals surface area contributed by atoms with Crippen LogP contribution in [0.2, 0.25) is 0 Å². The van der Waals surface area contributed by atoms with E-state index in [-0.39, 0.29) is 0 Å². The number of hydrogen-bond donors (Lipinski definition) is 2. The summed E-state index contributed by atoms with van der Waals surface area (Å²) in [7, 11) is 0. The van der Waals surface area contributed by atoms with Crippen molar-refractivity contribution < 1.29 is 5.11 Å². The van der Waals surface area contributed by atoms with Crippen LogP contribution in [0, 0.1) is 0 Å². The van der Waals surface area contributed by atoms with Crippen LogP contribution in [0.4, 0.5) is 0 Å². The van der Waals surface area contributed by atoms with E-state index >= 15 is 0 Å². The lowest BCUT2D eigenvalue weighted by atomic mass is 10.1. The third kappa shape index (κ3) is 3.03. The molecule has 0 unspecified atom stereocenters. The molecule has 0 fully saturated rings. The van der Waals surface area contributed by atoms with Crippen molar-refractivity contribution >= 4 is 11.8 Å². The Balaban J connectivity index is 2.75. The Labute approximate surface area is 83.1 Å². The van der Waals surface area contributed by atoms with Gasteiger partial charge in [-0.2, -0.15) is 0 Å². The standard InChI is InChI=1S/C10H15NOS/c1-13-9-4-2-3-8(7-9)10(12)5-6-11/h2-4,7,10,12H,5-6,11H2,1H3/t10-/m0/s1. The summed E-state index contributed by atoms with van der Waals surface area (Å²) >= 11 is 1.68. The summed E-state index contributed by atoms with van der Waals surface area (Å²) in [5.41, 5.74) is 6.33. The zero-order valence-electron chi connectivity index (χ0n) is 7.73. The highest BCUT2D eigenvalue weighted by Gasteiger charge is 2.05. The van der Waals surface area contributed by atoms with E-state index in [1.54, 1.807) is 11.8 Å². The second-order valence-corrected chi connectivity index (χ2v) is 3.75. The lowest BCUT2D eigenvalue weighted by molar-refractivity contribution is 0.170. The van der Waals surface area contributed by atoms with Gasteiger partial charge in [-0.25, -0.2) is 0 Å². The molecule has 0 bridgehead atoms. The second kappa shape index (κ2) is 5.27. The van der Waals surface area contributed by atoms with Gasteiger partial charge in [0.25, 0.3) is 0 Å². The molecule has 0 saturated heterocycles. The summed E-state index contributed by atoms with van der Waals surface area (Å²) in [5.74, 6) is 0. The van der Waals surface area contributed by atoms with Gasteiger partial charge in [0.05, 0.1) is 6.10 Å². The second-order valence-electron chi connectivity index (χ2n) is 2.87. The minimum Gasteiger partial charge on any atom is -0.388 e. The molecule has 72 valence electrons. The summed E-state index contributed by atoms with van der Waals surface area (Å²) < 4.78 is 0. The SMILES string of the molecule is CSc1cccc([C@@H](O)CCN)c1. The monoisotopic (exact) mass is 197 g/mol. The molecule has 0 aromatic heterocycles. The number of rotatable bonds is 4. The highest BCUT2D eigenvalue weighted by Crippen LogP contribution is 2.21.